The van der Waals surface area contributed by atoms with Gasteiger partial charge in [0.1, 0.15) is 0 Å². The summed E-state index contributed by atoms with van der Waals surface area (Å²) in [4.78, 5) is 13.1. The van der Waals surface area contributed by atoms with Crippen molar-refractivity contribution in [1.82, 2.24) is 0 Å². The van der Waals surface area contributed by atoms with Crippen molar-refractivity contribution in [3.05, 3.63) is 23.8 Å². The fourth-order valence-corrected chi connectivity index (χ4v) is 2.33. The van der Waals surface area contributed by atoms with Crippen molar-refractivity contribution in [3.63, 3.8) is 0 Å². The lowest BCUT2D eigenvalue weighted by atomic mass is 10.1. The number of hydrogen-bond acceptors (Lipinski definition) is 4. The first-order chi connectivity index (χ1) is 8.47. The molecular weight excluding hydrogens is 232 g/mol. The summed E-state index contributed by atoms with van der Waals surface area (Å²) in [5, 5.41) is 9.02. The highest BCUT2D eigenvalue weighted by molar-refractivity contribution is 5.90. The van der Waals surface area contributed by atoms with E-state index in [1.54, 1.807) is 12.1 Å². The molecule has 2 rings (SSSR count). The number of carbonyl (C=O) groups is 1. The summed E-state index contributed by atoms with van der Waals surface area (Å²) in [5.41, 5.74) is 7.56. The van der Waals surface area contributed by atoms with Crippen molar-refractivity contribution in [2.75, 3.05) is 23.7 Å². The third-order valence-corrected chi connectivity index (χ3v) is 3.04. The van der Waals surface area contributed by atoms with Gasteiger partial charge in [-0.25, -0.2) is 4.79 Å². The molecule has 2 unspecified atom stereocenters. The van der Waals surface area contributed by atoms with E-state index >= 15 is 0 Å². The van der Waals surface area contributed by atoms with Crippen LogP contribution in [0.5, 0.6) is 0 Å². The highest BCUT2D eigenvalue weighted by atomic mass is 16.5. The number of anilines is 2. The van der Waals surface area contributed by atoms with Crippen LogP contribution in [0, 0.1) is 0 Å². The second-order valence-electron chi connectivity index (χ2n) is 4.74. The number of rotatable bonds is 2. The second kappa shape index (κ2) is 4.86. The summed E-state index contributed by atoms with van der Waals surface area (Å²) in [7, 11) is 0. The van der Waals surface area contributed by atoms with Crippen LogP contribution in [-0.2, 0) is 4.74 Å². The molecule has 1 fully saturated rings. The van der Waals surface area contributed by atoms with Crippen LogP contribution in [0.1, 0.15) is 24.2 Å². The number of morpholine rings is 1. The van der Waals surface area contributed by atoms with Crippen LogP contribution >= 0.6 is 0 Å². The topological polar surface area (TPSA) is 75.8 Å². The standard InChI is InChI=1S/C13H18N2O3/c1-8-6-15(7-9(2)18-8)12-5-10(13(16)17)3-4-11(12)14/h3-5,8-9H,6-7,14H2,1-2H3,(H,16,17). The summed E-state index contributed by atoms with van der Waals surface area (Å²) >= 11 is 0. The van der Waals surface area contributed by atoms with Gasteiger partial charge in [-0.15, -0.1) is 0 Å². The van der Waals surface area contributed by atoms with Crippen molar-refractivity contribution < 1.29 is 14.6 Å². The molecular formula is C13H18N2O3. The van der Waals surface area contributed by atoms with Gasteiger partial charge >= 0.3 is 5.97 Å². The molecule has 0 spiro atoms. The molecule has 3 N–H and O–H groups in total. The fourth-order valence-electron chi connectivity index (χ4n) is 2.33. The largest absolute Gasteiger partial charge is 0.478 e. The molecule has 0 bridgehead atoms. The van der Waals surface area contributed by atoms with Gasteiger partial charge in [0.2, 0.25) is 0 Å². The van der Waals surface area contributed by atoms with Gasteiger partial charge in [-0.1, -0.05) is 0 Å². The van der Waals surface area contributed by atoms with E-state index in [9.17, 15) is 4.79 Å². The Morgan fingerprint density at radius 2 is 2.00 bits per heavy atom. The average molecular weight is 250 g/mol. The van der Waals surface area contributed by atoms with Crippen LogP contribution in [0.4, 0.5) is 11.4 Å². The third-order valence-electron chi connectivity index (χ3n) is 3.04. The molecule has 18 heavy (non-hydrogen) atoms. The minimum absolute atomic E-state index is 0.113. The zero-order valence-electron chi connectivity index (χ0n) is 10.6. The van der Waals surface area contributed by atoms with Crippen molar-refractivity contribution in [1.29, 1.82) is 0 Å². The molecule has 1 heterocycles. The van der Waals surface area contributed by atoms with E-state index in [4.69, 9.17) is 15.6 Å². The molecule has 1 aliphatic rings. The molecule has 1 saturated heterocycles. The molecule has 1 aliphatic heterocycles. The Kier molecular flexibility index (Phi) is 3.43. The molecule has 0 amide bonds. The SMILES string of the molecule is CC1CN(c2cc(C(=O)O)ccc2N)CC(C)O1. The number of hydrogen-bond donors (Lipinski definition) is 2. The summed E-state index contributed by atoms with van der Waals surface area (Å²) in [6.45, 7) is 5.44. The van der Waals surface area contributed by atoms with Crippen LogP contribution in [0.15, 0.2) is 18.2 Å². The zero-order valence-corrected chi connectivity index (χ0v) is 10.6. The number of benzene rings is 1. The number of carboxylic acid groups (broad SMARTS) is 1. The van der Waals surface area contributed by atoms with E-state index in [0.29, 0.717) is 5.69 Å². The molecule has 0 aliphatic carbocycles. The molecule has 5 nitrogen and oxygen atoms in total. The third kappa shape index (κ3) is 2.56. The molecule has 0 aromatic heterocycles. The number of ether oxygens (including phenoxy) is 1. The lowest BCUT2D eigenvalue weighted by Crippen LogP contribution is -2.45. The molecule has 1 aromatic rings. The maximum Gasteiger partial charge on any atom is 0.335 e. The first kappa shape index (κ1) is 12.7. The quantitative estimate of drug-likeness (QED) is 0.779. The van der Waals surface area contributed by atoms with Gasteiger partial charge in [0, 0.05) is 13.1 Å². The number of carboxylic acids is 1. The number of aromatic carboxylic acids is 1. The first-order valence-electron chi connectivity index (χ1n) is 6.00. The summed E-state index contributed by atoms with van der Waals surface area (Å²) in [5.74, 6) is -0.939. The highest BCUT2D eigenvalue weighted by Gasteiger charge is 2.24. The van der Waals surface area contributed by atoms with E-state index in [1.165, 1.54) is 6.07 Å². The fraction of sp³-hybridized carbons (Fsp3) is 0.462. The summed E-state index contributed by atoms with van der Waals surface area (Å²) in [6.07, 6.45) is 0.225. The Balaban J connectivity index is 2.31. The maximum absolute atomic E-state index is 11.0. The van der Waals surface area contributed by atoms with Crippen molar-refractivity contribution in [2.45, 2.75) is 26.1 Å². The molecule has 1 aromatic carbocycles. The lowest BCUT2D eigenvalue weighted by Gasteiger charge is -2.37. The molecule has 5 heteroatoms. The number of nitrogens with two attached hydrogens (primary N) is 1. The van der Waals surface area contributed by atoms with Crippen molar-refractivity contribution in [3.8, 4) is 0 Å². The van der Waals surface area contributed by atoms with Gasteiger partial charge in [0.05, 0.1) is 29.1 Å². The van der Waals surface area contributed by atoms with Crippen molar-refractivity contribution >= 4 is 17.3 Å². The predicted molar refractivity (Wildman–Crippen MR) is 70.0 cm³/mol. The van der Waals surface area contributed by atoms with Gasteiger partial charge in [-0.05, 0) is 32.0 Å². The smallest absolute Gasteiger partial charge is 0.335 e. The van der Waals surface area contributed by atoms with E-state index in [-0.39, 0.29) is 17.8 Å². The van der Waals surface area contributed by atoms with Crippen molar-refractivity contribution in [2.24, 2.45) is 0 Å². The van der Waals surface area contributed by atoms with E-state index in [1.807, 2.05) is 13.8 Å². The normalized spacial score (nSPS) is 24.0. The monoisotopic (exact) mass is 250 g/mol. The summed E-state index contributed by atoms with van der Waals surface area (Å²) in [6, 6.07) is 4.79. The molecule has 98 valence electrons. The van der Waals surface area contributed by atoms with Gasteiger partial charge in [-0.2, -0.15) is 0 Å². The van der Waals surface area contributed by atoms with Gasteiger partial charge < -0.3 is 20.5 Å². The van der Waals surface area contributed by atoms with Crippen LogP contribution in [0.3, 0.4) is 0 Å². The highest BCUT2D eigenvalue weighted by Crippen LogP contribution is 2.27. The van der Waals surface area contributed by atoms with Crippen LogP contribution in [-0.4, -0.2) is 36.4 Å². The number of nitrogens with zero attached hydrogens (tertiary/aromatic N) is 1. The first-order valence-corrected chi connectivity index (χ1v) is 6.00. The maximum atomic E-state index is 11.0. The average Bonchev–Trinajstić information content (AvgIpc) is 2.27. The Morgan fingerprint density at radius 1 is 1.39 bits per heavy atom. The molecule has 0 radical (unpaired) electrons. The van der Waals surface area contributed by atoms with Gasteiger partial charge in [0.15, 0.2) is 0 Å². The Morgan fingerprint density at radius 3 is 2.56 bits per heavy atom. The minimum atomic E-state index is -0.939. The minimum Gasteiger partial charge on any atom is -0.478 e. The van der Waals surface area contributed by atoms with Crippen LogP contribution in [0.25, 0.3) is 0 Å². The van der Waals surface area contributed by atoms with Crippen LogP contribution < -0.4 is 10.6 Å². The van der Waals surface area contributed by atoms with Gasteiger partial charge in [0.25, 0.3) is 0 Å². The predicted octanol–water partition coefficient (Wildman–Crippen LogP) is 1.58. The zero-order chi connectivity index (χ0) is 13.3. The Labute approximate surface area is 106 Å². The van der Waals surface area contributed by atoms with E-state index in [0.717, 1.165) is 18.8 Å². The van der Waals surface area contributed by atoms with Gasteiger partial charge in [-0.3, -0.25) is 0 Å². The summed E-state index contributed by atoms with van der Waals surface area (Å²) < 4.78 is 5.66. The Hall–Kier alpha value is -1.75. The molecule has 0 saturated carbocycles. The lowest BCUT2D eigenvalue weighted by molar-refractivity contribution is -0.00517. The Bertz CT molecular complexity index is 452. The second-order valence-corrected chi connectivity index (χ2v) is 4.74. The van der Waals surface area contributed by atoms with E-state index < -0.39 is 5.97 Å². The van der Waals surface area contributed by atoms with Crippen LogP contribution in [0.2, 0.25) is 0 Å². The molecule has 2 atom stereocenters. The van der Waals surface area contributed by atoms with E-state index in [2.05, 4.69) is 4.90 Å². The number of nitrogen functional groups attached to an aromatic ring is 1.